The first-order valence-corrected chi connectivity index (χ1v) is 7.60. The molecule has 2 heterocycles. The average molecular weight is 277 g/mol. The highest BCUT2D eigenvalue weighted by atomic mass is 16.3. The molecule has 5 heteroatoms. The van der Waals surface area contributed by atoms with Crippen LogP contribution in [0.2, 0.25) is 0 Å². The Morgan fingerprint density at radius 3 is 3.00 bits per heavy atom. The predicted octanol–water partition coefficient (Wildman–Crippen LogP) is 2.04. The van der Waals surface area contributed by atoms with Gasteiger partial charge >= 0.3 is 0 Å². The fourth-order valence-electron chi connectivity index (χ4n) is 3.79. The third-order valence-electron chi connectivity index (χ3n) is 4.76. The smallest absolute Gasteiger partial charge is 0.268 e. The second-order valence-electron chi connectivity index (χ2n) is 6.00. The van der Waals surface area contributed by atoms with Gasteiger partial charge in [0.2, 0.25) is 0 Å². The second-order valence-corrected chi connectivity index (χ2v) is 6.00. The zero-order valence-corrected chi connectivity index (χ0v) is 11.8. The van der Waals surface area contributed by atoms with Gasteiger partial charge in [0, 0.05) is 6.04 Å². The van der Waals surface area contributed by atoms with Crippen LogP contribution in [-0.2, 0) is 6.54 Å². The van der Waals surface area contributed by atoms with E-state index in [0.717, 1.165) is 24.8 Å². The van der Waals surface area contributed by atoms with Crippen LogP contribution in [0.3, 0.4) is 0 Å². The molecule has 5 nitrogen and oxygen atoms in total. The zero-order chi connectivity index (χ0) is 13.9. The summed E-state index contributed by atoms with van der Waals surface area (Å²) in [6.45, 7) is 1.94. The van der Waals surface area contributed by atoms with Crippen LogP contribution in [0.4, 0.5) is 0 Å². The number of piperidine rings is 1. The Morgan fingerprint density at radius 2 is 2.15 bits per heavy atom. The van der Waals surface area contributed by atoms with Crippen LogP contribution >= 0.6 is 0 Å². The number of rotatable bonds is 3. The van der Waals surface area contributed by atoms with Gasteiger partial charge in [-0.05, 0) is 44.2 Å². The highest BCUT2D eigenvalue weighted by Gasteiger charge is 2.33. The first kappa shape index (κ1) is 13.6. The van der Waals surface area contributed by atoms with E-state index in [1.807, 2.05) is 0 Å². The van der Waals surface area contributed by atoms with Gasteiger partial charge in [-0.3, -0.25) is 15.1 Å². The number of nitrogens with one attached hydrogen (secondary N) is 1. The number of nitrogen functional groups attached to an aromatic ring is 1. The number of hydrogen-bond donors (Lipinski definition) is 2. The van der Waals surface area contributed by atoms with Crippen LogP contribution in [0.5, 0.6) is 0 Å². The number of furan rings is 1. The summed E-state index contributed by atoms with van der Waals surface area (Å²) in [7, 11) is 0. The van der Waals surface area contributed by atoms with Crippen molar-refractivity contribution in [3.8, 4) is 0 Å². The topological polar surface area (TPSA) is 71.5 Å². The van der Waals surface area contributed by atoms with Crippen LogP contribution in [-0.4, -0.2) is 23.4 Å². The molecule has 110 valence electrons. The number of hydrazine groups is 1. The van der Waals surface area contributed by atoms with Crippen molar-refractivity contribution >= 4 is 5.91 Å². The Morgan fingerprint density at radius 1 is 1.35 bits per heavy atom. The van der Waals surface area contributed by atoms with Gasteiger partial charge in [0.15, 0.2) is 0 Å². The lowest BCUT2D eigenvalue weighted by Gasteiger charge is -2.43. The largest absolute Gasteiger partial charge is 0.467 e. The van der Waals surface area contributed by atoms with Gasteiger partial charge in [-0.1, -0.05) is 12.8 Å². The summed E-state index contributed by atoms with van der Waals surface area (Å²) in [6.07, 6.45) is 9.55. The maximum atomic E-state index is 11.4. The number of carbonyl (C=O) groups excluding carboxylic acids is 1. The van der Waals surface area contributed by atoms with Gasteiger partial charge in [-0.25, -0.2) is 5.84 Å². The van der Waals surface area contributed by atoms with Crippen LogP contribution in [0.1, 0.15) is 54.6 Å². The third kappa shape index (κ3) is 2.74. The van der Waals surface area contributed by atoms with Crippen molar-refractivity contribution < 1.29 is 9.21 Å². The first-order chi connectivity index (χ1) is 9.78. The molecule has 2 aliphatic rings. The van der Waals surface area contributed by atoms with Crippen molar-refractivity contribution in [2.24, 2.45) is 11.8 Å². The summed E-state index contributed by atoms with van der Waals surface area (Å²) >= 11 is 0. The summed E-state index contributed by atoms with van der Waals surface area (Å²) < 4.78 is 5.51. The van der Waals surface area contributed by atoms with Gasteiger partial charge in [0.25, 0.3) is 5.91 Å². The molecule has 1 aromatic rings. The van der Waals surface area contributed by atoms with Gasteiger partial charge in [0.05, 0.1) is 12.1 Å². The van der Waals surface area contributed by atoms with E-state index in [9.17, 15) is 4.79 Å². The minimum atomic E-state index is -0.297. The van der Waals surface area contributed by atoms with Crippen LogP contribution in [0.15, 0.2) is 16.7 Å². The maximum absolute atomic E-state index is 11.4. The van der Waals surface area contributed by atoms with Crippen molar-refractivity contribution in [1.29, 1.82) is 0 Å². The van der Waals surface area contributed by atoms with Crippen molar-refractivity contribution in [2.45, 2.75) is 51.1 Å². The maximum Gasteiger partial charge on any atom is 0.268 e. The molecule has 0 bridgehead atoms. The third-order valence-corrected chi connectivity index (χ3v) is 4.76. The van der Waals surface area contributed by atoms with E-state index in [1.54, 1.807) is 6.07 Å². The molecule has 2 atom stereocenters. The number of nitrogens with two attached hydrogens (primary N) is 1. The summed E-state index contributed by atoms with van der Waals surface area (Å²) in [4.78, 5) is 14.0. The Kier molecular flexibility index (Phi) is 4.08. The highest BCUT2D eigenvalue weighted by molar-refractivity contribution is 5.93. The molecular formula is C15H23N3O2. The molecule has 1 saturated carbocycles. The van der Waals surface area contributed by atoms with Crippen molar-refractivity contribution in [3.05, 3.63) is 23.7 Å². The molecule has 2 fully saturated rings. The molecule has 3 N–H and O–H groups in total. The Hall–Kier alpha value is -1.33. The summed E-state index contributed by atoms with van der Waals surface area (Å²) in [5, 5.41) is 0. The fraction of sp³-hybridized carbons (Fsp3) is 0.667. The van der Waals surface area contributed by atoms with E-state index < -0.39 is 0 Å². The predicted molar refractivity (Wildman–Crippen MR) is 75.8 cm³/mol. The monoisotopic (exact) mass is 277 g/mol. The average Bonchev–Trinajstić information content (AvgIpc) is 2.95. The number of fused-ring (bicyclic) bond motifs is 1. The molecule has 0 aromatic carbocycles. The van der Waals surface area contributed by atoms with Gasteiger partial charge in [-0.15, -0.1) is 0 Å². The molecule has 20 heavy (non-hydrogen) atoms. The highest BCUT2D eigenvalue weighted by Crippen LogP contribution is 2.36. The second kappa shape index (κ2) is 5.97. The number of likely N-dealkylation sites (tertiary alicyclic amines) is 1. The van der Waals surface area contributed by atoms with Crippen LogP contribution in [0.25, 0.3) is 0 Å². The Balaban J connectivity index is 1.67. The normalized spacial score (nSPS) is 27.1. The van der Waals surface area contributed by atoms with E-state index in [1.165, 1.54) is 44.8 Å². The quantitative estimate of drug-likeness (QED) is 0.504. The summed E-state index contributed by atoms with van der Waals surface area (Å²) in [6, 6.07) is 2.50. The van der Waals surface area contributed by atoms with E-state index in [4.69, 9.17) is 10.3 Å². The van der Waals surface area contributed by atoms with E-state index in [0.29, 0.717) is 11.6 Å². The lowest BCUT2D eigenvalue weighted by atomic mass is 9.78. The molecule has 0 spiro atoms. The molecule has 1 saturated heterocycles. The summed E-state index contributed by atoms with van der Waals surface area (Å²) in [5.41, 5.74) is 2.63. The summed E-state index contributed by atoms with van der Waals surface area (Å²) in [5.74, 6) is 6.55. The van der Waals surface area contributed by atoms with Gasteiger partial charge in [0.1, 0.15) is 12.0 Å². The minimum absolute atomic E-state index is 0.297. The molecule has 1 amide bonds. The fourth-order valence-corrected chi connectivity index (χ4v) is 3.79. The van der Waals surface area contributed by atoms with E-state index in [-0.39, 0.29) is 5.91 Å². The van der Waals surface area contributed by atoms with Crippen molar-refractivity contribution in [2.75, 3.05) is 6.54 Å². The van der Waals surface area contributed by atoms with Crippen LogP contribution < -0.4 is 11.3 Å². The number of hydrogen-bond acceptors (Lipinski definition) is 4. The molecule has 2 unspecified atom stereocenters. The zero-order valence-electron chi connectivity index (χ0n) is 11.8. The number of carbonyl (C=O) groups is 1. The molecular weight excluding hydrogens is 254 g/mol. The molecule has 3 rings (SSSR count). The molecule has 1 aliphatic carbocycles. The Labute approximate surface area is 119 Å². The van der Waals surface area contributed by atoms with E-state index in [2.05, 4.69) is 10.3 Å². The minimum Gasteiger partial charge on any atom is -0.467 e. The van der Waals surface area contributed by atoms with Crippen LogP contribution in [0, 0.1) is 5.92 Å². The van der Waals surface area contributed by atoms with E-state index >= 15 is 0 Å². The number of nitrogens with zero attached hydrogens (tertiary/aromatic N) is 1. The Bertz CT molecular complexity index is 469. The molecule has 1 aliphatic heterocycles. The SMILES string of the molecule is NNC(=O)c1coc(CN2CCCC3CCCCC32)c1. The lowest BCUT2D eigenvalue weighted by Crippen LogP contribution is -2.46. The van der Waals surface area contributed by atoms with Gasteiger partial charge in [-0.2, -0.15) is 0 Å². The first-order valence-electron chi connectivity index (χ1n) is 7.60. The molecule has 0 radical (unpaired) electrons. The standard InChI is InChI=1S/C15H23N3O2/c16-17-15(19)12-8-13(20-10-12)9-18-7-3-5-11-4-1-2-6-14(11)18/h8,10-11,14H,1-7,9,16H2,(H,17,19). The lowest BCUT2D eigenvalue weighted by molar-refractivity contribution is 0.0495. The van der Waals surface area contributed by atoms with Crippen molar-refractivity contribution in [1.82, 2.24) is 10.3 Å². The molecule has 1 aromatic heterocycles. The van der Waals surface area contributed by atoms with Gasteiger partial charge < -0.3 is 4.42 Å². The number of amides is 1. The van der Waals surface area contributed by atoms with Crippen molar-refractivity contribution in [3.63, 3.8) is 0 Å².